The zero-order chi connectivity index (χ0) is 13.7. The Labute approximate surface area is 108 Å². The Hall–Kier alpha value is -1.52. The lowest BCUT2D eigenvalue weighted by atomic mass is 10.2. The molecule has 2 amide bonds. The molecule has 18 heavy (non-hydrogen) atoms. The summed E-state index contributed by atoms with van der Waals surface area (Å²) in [7, 11) is 0. The number of hydrogen-bond donors (Lipinski definition) is 1. The summed E-state index contributed by atoms with van der Waals surface area (Å²) in [6, 6.07) is 0.165. The first-order valence-electron chi connectivity index (χ1n) is 6.27. The van der Waals surface area contributed by atoms with Gasteiger partial charge < -0.3 is 15.0 Å². The van der Waals surface area contributed by atoms with Crippen molar-refractivity contribution >= 4 is 12.0 Å². The third-order valence-electron chi connectivity index (χ3n) is 2.76. The number of carbonyl (C=O) groups is 2. The minimum atomic E-state index is -0.539. The van der Waals surface area contributed by atoms with Crippen LogP contribution in [0.15, 0.2) is 12.2 Å². The maximum atomic E-state index is 11.9. The zero-order valence-electron chi connectivity index (χ0n) is 11.4. The minimum absolute atomic E-state index is 0.0193. The van der Waals surface area contributed by atoms with Gasteiger partial charge in [0.05, 0.1) is 6.61 Å². The monoisotopic (exact) mass is 254 g/mol. The minimum Gasteiger partial charge on any atom is -0.449 e. The quantitative estimate of drug-likeness (QED) is 0.774. The fraction of sp³-hybridized carbons (Fsp3) is 0.692. The highest BCUT2D eigenvalue weighted by Gasteiger charge is 2.27. The summed E-state index contributed by atoms with van der Waals surface area (Å²) >= 11 is 0. The van der Waals surface area contributed by atoms with E-state index in [-0.39, 0.29) is 24.4 Å². The van der Waals surface area contributed by atoms with Gasteiger partial charge in [0, 0.05) is 12.6 Å². The van der Waals surface area contributed by atoms with Gasteiger partial charge in [-0.2, -0.15) is 0 Å². The second-order valence-electron chi connectivity index (χ2n) is 5.17. The van der Waals surface area contributed by atoms with E-state index >= 15 is 0 Å². The van der Waals surface area contributed by atoms with Gasteiger partial charge in [-0.25, -0.2) is 4.79 Å². The van der Waals surface area contributed by atoms with Crippen LogP contribution in [0.25, 0.3) is 0 Å². The summed E-state index contributed by atoms with van der Waals surface area (Å²) < 4.78 is 4.93. The maximum Gasteiger partial charge on any atom is 0.407 e. The molecule has 1 aliphatic heterocycles. The smallest absolute Gasteiger partial charge is 0.407 e. The molecule has 0 bridgehead atoms. The summed E-state index contributed by atoms with van der Waals surface area (Å²) in [6.07, 6.45) is 0.298. The fourth-order valence-corrected chi connectivity index (χ4v) is 1.87. The lowest BCUT2D eigenvalue weighted by Crippen LogP contribution is -2.42. The Morgan fingerprint density at radius 3 is 2.72 bits per heavy atom. The number of rotatable bonds is 4. The average molecular weight is 254 g/mol. The first kappa shape index (κ1) is 14.5. The molecule has 1 rings (SSSR count). The number of ether oxygens (including phenoxy) is 1. The van der Waals surface area contributed by atoms with Crippen molar-refractivity contribution in [3.05, 3.63) is 12.2 Å². The van der Waals surface area contributed by atoms with E-state index in [1.165, 1.54) is 0 Å². The van der Waals surface area contributed by atoms with Crippen LogP contribution >= 0.6 is 0 Å². The molecule has 1 atom stereocenters. The molecule has 0 spiro atoms. The molecule has 0 aromatic heterocycles. The molecule has 1 aliphatic rings. The second kappa shape index (κ2) is 6.42. The summed E-state index contributed by atoms with van der Waals surface area (Å²) in [5.41, 5.74) is 1.05. The van der Waals surface area contributed by atoms with Crippen molar-refractivity contribution < 1.29 is 14.3 Å². The lowest BCUT2D eigenvalue weighted by Gasteiger charge is -2.21. The number of hydrogen-bond acceptors (Lipinski definition) is 3. The number of likely N-dealkylation sites (tertiary alicyclic amines) is 1. The fourth-order valence-electron chi connectivity index (χ4n) is 1.87. The van der Waals surface area contributed by atoms with E-state index in [1.54, 1.807) is 4.90 Å². The number of nitrogens with zero attached hydrogens (tertiary/aromatic N) is 1. The van der Waals surface area contributed by atoms with Gasteiger partial charge in [0.1, 0.15) is 6.54 Å². The predicted octanol–water partition coefficient (Wildman–Crippen LogP) is 1.55. The largest absolute Gasteiger partial charge is 0.449 e. The molecule has 1 heterocycles. The normalized spacial score (nSPS) is 19.2. The van der Waals surface area contributed by atoms with Crippen molar-refractivity contribution in [3.8, 4) is 0 Å². The van der Waals surface area contributed by atoms with Gasteiger partial charge in [0.15, 0.2) is 0 Å². The third-order valence-corrected chi connectivity index (χ3v) is 2.76. The van der Waals surface area contributed by atoms with Gasteiger partial charge in [-0.3, -0.25) is 4.79 Å². The Bertz CT molecular complexity index is 339. The number of carbonyl (C=O) groups excluding carboxylic acids is 2. The molecule has 0 saturated carbocycles. The van der Waals surface area contributed by atoms with Crippen LogP contribution in [0.1, 0.15) is 27.2 Å². The molecule has 1 fully saturated rings. The van der Waals surface area contributed by atoms with Gasteiger partial charge in [-0.05, 0) is 19.3 Å². The molecule has 1 saturated heterocycles. The highest BCUT2D eigenvalue weighted by atomic mass is 16.5. The second-order valence-corrected chi connectivity index (χ2v) is 5.17. The van der Waals surface area contributed by atoms with E-state index in [9.17, 15) is 9.59 Å². The molecule has 0 aromatic rings. The van der Waals surface area contributed by atoms with Crippen LogP contribution in [0.2, 0.25) is 0 Å². The van der Waals surface area contributed by atoms with Gasteiger partial charge in [-0.15, -0.1) is 0 Å². The van der Waals surface area contributed by atoms with E-state index in [2.05, 4.69) is 11.9 Å². The molecule has 5 nitrogen and oxygen atoms in total. The van der Waals surface area contributed by atoms with Crippen molar-refractivity contribution in [1.29, 1.82) is 0 Å². The summed E-state index contributed by atoms with van der Waals surface area (Å²) in [6.45, 7) is 10.7. The summed E-state index contributed by atoms with van der Waals surface area (Å²) in [4.78, 5) is 24.9. The maximum absolute atomic E-state index is 11.9. The Morgan fingerprint density at radius 2 is 2.22 bits per heavy atom. The highest BCUT2D eigenvalue weighted by Crippen LogP contribution is 2.20. The lowest BCUT2D eigenvalue weighted by molar-refractivity contribution is -0.130. The molecule has 0 aliphatic carbocycles. The van der Waals surface area contributed by atoms with Crippen LogP contribution in [0.5, 0.6) is 0 Å². The number of alkyl carbamates (subject to hydrolysis) is 1. The van der Waals surface area contributed by atoms with Crippen LogP contribution in [0.4, 0.5) is 4.79 Å². The zero-order valence-corrected chi connectivity index (χ0v) is 11.4. The van der Waals surface area contributed by atoms with E-state index in [4.69, 9.17) is 4.74 Å². The third kappa shape index (κ3) is 4.39. The van der Waals surface area contributed by atoms with Crippen LogP contribution in [0.3, 0.4) is 0 Å². The predicted molar refractivity (Wildman–Crippen MR) is 69.1 cm³/mol. The molecule has 102 valence electrons. The molecular formula is C13H22N2O3. The molecule has 5 heteroatoms. The van der Waals surface area contributed by atoms with E-state index < -0.39 is 6.09 Å². The van der Waals surface area contributed by atoms with Crippen molar-refractivity contribution in [2.24, 2.45) is 5.92 Å². The van der Waals surface area contributed by atoms with Crippen LogP contribution in [0, 0.1) is 5.92 Å². The first-order chi connectivity index (χ1) is 8.40. The van der Waals surface area contributed by atoms with Crippen molar-refractivity contribution in [2.45, 2.75) is 33.2 Å². The SMILES string of the molecule is C=C1C[C@@H](C)N(C(=O)CNC(=O)OCC(C)C)C1. The summed E-state index contributed by atoms with van der Waals surface area (Å²) in [5.74, 6) is 0.191. The first-order valence-corrected chi connectivity index (χ1v) is 6.27. The van der Waals surface area contributed by atoms with Crippen LogP contribution < -0.4 is 5.32 Å². The van der Waals surface area contributed by atoms with Crippen LogP contribution in [-0.2, 0) is 9.53 Å². The Morgan fingerprint density at radius 1 is 1.56 bits per heavy atom. The molecule has 0 unspecified atom stereocenters. The molecule has 0 aromatic carbocycles. The Kier molecular flexibility index (Phi) is 5.19. The molecule has 1 N–H and O–H groups in total. The van der Waals surface area contributed by atoms with Crippen molar-refractivity contribution in [2.75, 3.05) is 19.7 Å². The topological polar surface area (TPSA) is 58.6 Å². The van der Waals surface area contributed by atoms with Gasteiger partial charge in [0.2, 0.25) is 5.91 Å². The van der Waals surface area contributed by atoms with Gasteiger partial charge >= 0.3 is 6.09 Å². The molecular weight excluding hydrogens is 232 g/mol. The van der Waals surface area contributed by atoms with Crippen LogP contribution in [-0.4, -0.2) is 42.6 Å². The van der Waals surface area contributed by atoms with Crippen molar-refractivity contribution in [1.82, 2.24) is 10.2 Å². The highest BCUT2D eigenvalue weighted by molar-refractivity contribution is 5.83. The standard InChI is InChI=1S/C13H22N2O3/c1-9(2)8-18-13(17)14-6-12(16)15-7-10(3)5-11(15)4/h9,11H,3,5-8H2,1-2,4H3,(H,14,17)/t11-/m1/s1. The number of nitrogens with one attached hydrogen (secondary N) is 1. The number of amides is 2. The Balaban J connectivity index is 2.28. The summed E-state index contributed by atoms with van der Waals surface area (Å²) in [5, 5.41) is 2.47. The van der Waals surface area contributed by atoms with Gasteiger partial charge in [-0.1, -0.05) is 26.0 Å². The van der Waals surface area contributed by atoms with E-state index in [1.807, 2.05) is 20.8 Å². The average Bonchev–Trinajstić information content (AvgIpc) is 2.62. The molecule has 0 radical (unpaired) electrons. The van der Waals surface area contributed by atoms with Crippen molar-refractivity contribution in [3.63, 3.8) is 0 Å². The van der Waals surface area contributed by atoms with Gasteiger partial charge in [0.25, 0.3) is 0 Å². The van der Waals surface area contributed by atoms with E-state index in [0.29, 0.717) is 13.2 Å². The van der Waals surface area contributed by atoms with E-state index in [0.717, 1.165) is 12.0 Å².